The van der Waals surface area contributed by atoms with Crippen molar-refractivity contribution in [2.75, 3.05) is 49.3 Å². The number of hydrogen-bond acceptors (Lipinski definition) is 6. The number of rotatable bonds is 7. The van der Waals surface area contributed by atoms with Crippen molar-refractivity contribution in [2.24, 2.45) is 0 Å². The second-order valence-corrected chi connectivity index (χ2v) is 9.28. The molecular formula is C18H23N3O4S2. The molecule has 9 heteroatoms. The molecule has 1 saturated heterocycles. The maximum absolute atomic E-state index is 12.4. The molecule has 0 saturated carbocycles. The first-order valence-electron chi connectivity index (χ1n) is 8.68. The second-order valence-electron chi connectivity index (χ2n) is 6.28. The minimum Gasteiger partial charge on any atom is -0.378 e. The molecule has 1 fully saturated rings. The van der Waals surface area contributed by atoms with Crippen LogP contribution in [0.1, 0.15) is 14.5 Å². The van der Waals surface area contributed by atoms with Gasteiger partial charge >= 0.3 is 0 Å². The van der Waals surface area contributed by atoms with Gasteiger partial charge in [0.15, 0.2) is 0 Å². The minimum atomic E-state index is -3.19. The molecule has 1 aromatic carbocycles. The van der Waals surface area contributed by atoms with E-state index in [1.807, 2.05) is 30.3 Å². The third-order valence-electron chi connectivity index (χ3n) is 4.12. The average Bonchev–Trinajstić information content (AvgIpc) is 3.11. The third-order valence-corrected chi connectivity index (χ3v) is 5.99. The first-order valence-corrected chi connectivity index (χ1v) is 11.4. The van der Waals surface area contributed by atoms with Gasteiger partial charge in [-0.05, 0) is 42.8 Å². The normalized spacial score (nSPS) is 14.9. The van der Waals surface area contributed by atoms with Gasteiger partial charge in [0, 0.05) is 35.9 Å². The molecule has 2 N–H and O–H groups in total. The van der Waals surface area contributed by atoms with Crippen LogP contribution in [0.3, 0.4) is 0 Å². The van der Waals surface area contributed by atoms with E-state index in [9.17, 15) is 13.2 Å². The Kier molecular flexibility index (Phi) is 6.48. The van der Waals surface area contributed by atoms with Gasteiger partial charge in [0.1, 0.15) is 0 Å². The Balaban J connectivity index is 1.54. The largest absolute Gasteiger partial charge is 0.378 e. The predicted octanol–water partition coefficient (Wildman–Crippen LogP) is 1.93. The lowest BCUT2D eigenvalue weighted by atomic mass is 10.2. The first kappa shape index (κ1) is 19.8. The maximum Gasteiger partial charge on any atom is 0.265 e. The summed E-state index contributed by atoms with van der Waals surface area (Å²) in [7, 11) is -3.19. The van der Waals surface area contributed by atoms with Crippen LogP contribution < -0.4 is 14.9 Å². The lowest BCUT2D eigenvalue weighted by Crippen LogP contribution is -2.36. The van der Waals surface area contributed by atoms with E-state index in [-0.39, 0.29) is 5.91 Å². The highest BCUT2D eigenvalue weighted by molar-refractivity contribution is 7.88. The molecular weight excluding hydrogens is 386 g/mol. The summed E-state index contributed by atoms with van der Waals surface area (Å²) in [5.74, 6) is -0.165. The number of ether oxygens (including phenoxy) is 1. The van der Waals surface area contributed by atoms with E-state index < -0.39 is 10.0 Å². The molecule has 2 heterocycles. The van der Waals surface area contributed by atoms with Crippen LogP contribution in [0.25, 0.3) is 0 Å². The smallest absolute Gasteiger partial charge is 0.265 e. The Morgan fingerprint density at radius 2 is 1.85 bits per heavy atom. The van der Waals surface area contributed by atoms with E-state index >= 15 is 0 Å². The van der Waals surface area contributed by atoms with Crippen LogP contribution in [0.15, 0.2) is 36.4 Å². The lowest BCUT2D eigenvalue weighted by Gasteiger charge is -2.28. The highest BCUT2D eigenvalue weighted by atomic mass is 32.2. The van der Waals surface area contributed by atoms with Gasteiger partial charge in [0.05, 0.1) is 24.3 Å². The van der Waals surface area contributed by atoms with Gasteiger partial charge in [0.25, 0.3) is 5.91 Å². The van der Waals surface area contributed by atoms with Crippen molar-refractivity contribution in [3.63, 3.8) is 0 Å². The van der Waals surface area contributed by atoms with Gasteiger partial charge in [0.2, 0.25) is 10.0 Å². The second kappa shape index (κ2) is 8.83. The number of anilines is 2. The Morgan fingerprint density at radius 3 is 2.52 bits per heavy atom. The molecule has 0 unspecified atom stereocenters. The Morgan fingerprint density at radius 1 is 1.15 bits per heavy atom. The van der Waals surface area contributed by atoms with E-state index in [1.165, 1.54) is 11.3 Å². The van der Waals surface area contributed by atoms with Crippen molar-refractivity contribution in [2.45, 2.75) is 6.42 Å². The number of morpholine rings is 1. The number of nitrogens with one attached hydrogen (secondary N) is 2. The van der Waals surface area contributed by atoms with Crippen LogP contribution in [0, 0.1) is 0 Å². The van der Waals surface area contributed by atoms with Crippen molar-refractivity contribution >= 4 is 38.6 Å². The summed E-state index contributed by atoms with van der Waals surface area (Å²) in [5, 5.41) is 2.90. The van der Waals surface area contributed by atoms with E-state index in [1.54, 1.807) is 6.07 Å². The fourth-order valence-electron chi connectivity index (χ4n) is 2.76. The van der Waals surface area contributed by atoms with Crippen LogP contribution in [0.5, 0.6) is 0 Å². The number of carbonyl (C=O) groups excluding carboxylic acids is 1. The molecule has 0 bridgehead atoms. The van der Waals surface area contributed by atoms with Crippen molar-refractivity contribution in [1.82, 2.24) is 4.72 Å². The molecule has 1 aromatic heterocycles. The quantitative estimate of drug-likeness (QED) is 0.730. The van der Waals surface area contributed by atoms with Crippen molar-refractivity contribution in [1.29, 1.82) is 0 Å². The minimum absolute atomic E-state index is 0.165. The van der Waals surface area contributed by atoms with Crippen molar-refractivity contribution in [3.05, 3.63) is 46.2 Å². The summed E-state index contributed by atoms with van der Waals surface area (Å²) in [6, 6.07) is 11.4. The summed E-state index contributed by atoms with van der Waals surface area (Å²) < 4.78 is 30.0. The number of amides is 1. The number of carbonyl (C=O) groups is 1. The van der Waals surface area contributed by atoms with Crippen molar-refractivity contribution < 1.29 is 17.9 Å². The fourth-order valence-corrected chi connectivity index (χ4v) is 4.14. The number of hydrogen-bond donors (Lipinski definition) is 2. The lowest BCUT2D eigenvalue weighted by molar-refractivity contribution is 0.103. The molecule has 1 amide bonds. The van der Waals surface area contributed by atoms with Gasteiger partial charge in [-0.2, -0.15) is 0 Å². The fraction of sp³-hybridized carbons (Fsp3) is 0.389. The maximum atomic E-state index is 12.4. The first-order chi connectivity index (χ1) is 12.9. The van der Waals surface area contributed by atoms with Crippen LogP contribution in [0.4, 0.5) is 11.4 Å². The van der Waals surface area contributed by atoms with Gasteiger partial charge in [-0.15, -0.1) is 11.3 Å². The van der Waals surface area contributed by atoms with Gasteiger partial charge in [-0.3, -0.25) is 4.79 Å². The Hall–Kier alpha value is -1.94. The SMILES string of the molecule is CS(=O)(=O)NCCc1ccc(C(=O)Nc2ccc(N3CCOCC3)cc2)s1. The summed E-state index contributed by atoms with van der Waals surface area (Å²) >= 11 is 1.37. The Labute approximate surface area is 163 Å². The number of thiophene rings is 1. The zero-order valence-electron chi connectivity index (χ0n) is 15.1. The topological polar surface area (TPSA) is 87.7 Å². The molecule has 146 valence electrons. The van der Waals surface area contributed by atoms with Gasteiger partial charge < -0.3 is 15.0 Å². The zero-order chi connectivity index (χ0) is 19.3. The van der Waals surface area contributed by atoms with Gasteiger partial charge in [-0.1, -0.05) is 0 Å². The molecule has 3 rings (SSSR count). The molecule has 0 radical (unpaired) electrons. The monoisotopic (exact) mass is 409 g/mol. The zero-order valence-corrected chi connectivity index (χ0v) is 16.7. The molecule has 1 aliphatic rings. The molecule has 2 aromatic rings. The number of sulfonamides is 1. The molecule has 7 nitrogen and oxygen atoms in total. The standard InChI is InChI=1S/C18H23N3O4S2/c1-27(23,24)19-9-8-16-6-7-17(26-16)18(22)20-14-2-4-15(5-3-14)21-10-12-25-13-11-21/h2-7,19H,8-13H2,1H3,(H,20,22). The summed E-state index contributed by atoms with van der Waals surface area (Å²) in [6.07, 6.45) is 1.68. The Bertz CT molecular complexity index is 872. The van der Waals surface area contributed by atoms with E-state index in [0.717, 1.165) is 48.8 Å². The molecule has 0 atom stereocenters. The summed E-state index contributed by atoms with van der Waals surface area (Å²) in [5.41, 5.74) is 1.86. The third kappa shape index (κ3) is 6.03. The van der Waals surface area contributed by atoms with Crippen LogP contribution in [0.2, 0.25) is 0 Å². The van der Waals surface area contributed by atoms with Crippen LogP contribution >= 0.6 is 11.3 Å². The molecule has 0 spiro atoms. The average molecular weight is 410 g/mol. The van der Waals surface area contributed by atoms with Gasteiger partial charge in [-0.25, -0.2) is 13.1 Å². The highest BCUT2D eigenvalue weighted by Gasteiger charge is 2.13. The highest BCUT2D eigenvalue weighted by Crippen LogP contribution is 2.21. The molecule has 1 aliphatic heterocycles. The summed E-state index contributed by atoms with van der Waals surface area (Å²) in [6.45, 7) is 3.54. The molecule has 27 heavy (non-hydrogen) atoms. The number of benzene rings is 1. The van der Waals surface area contributed by atoms with E-state index in [2.05, 4.69) is 14.9 Å². The summed E-state index contributed by atoms with van der Waals surface area (Å²) in [4.78, 5) is 16.2. The van der Waals surface area contributed by atoms with Crippen LogP contribution in [-0.2, 0) is 21.2 Å². The van der Waals surface area contributed by atoms with Crippen molar-refractivity contribution in [3.8, 4) is 0 Å². The van der Waals surface area contributed by atoms with Crippen LogP contribution in [-0.4, -0.2) is 53.4 Å². The van der Waals surface area contributed by atoms with E-state index in [4.69, 9.17) is 4.74 Å². The predicted molar refractivity (Wildman–Crippen MR) is 108 cm³/mol. The number of nitrogens with zero attached hydrogens (tertiary/aromatic N) is 1. The molecule has 0 aliphatic carbocycles. The van der Waals surface area contributed by atoms with E-state index in [0.29, 0.717) is 17.8 Å².